The third kappa shape index (κ3) is 3.68. The zero-order valence-electron chi connectivity index (χ0n) is 9.31. The molecule has 1 amide bonds. The number of hydrogen-bond donors (Lipinski definition) is 3. The molecule has 0 aromatic heterocycles. The normalized spacial score (nSPS) is 9.94. The maximum absolute atomic E-state index is 11.6. The smallest absolute Gasteiger partial charge is 0.423 e. The molecule has 92 valence electrons. The molecular weight excluding hydrogens is 205 g/mol. The standard InChI is InChI=1S/C11H16BNO3.3H2/c1-2-3-8-13-11(14)9-4-6-10(7-5-9)12(15)16;;;/h4-7,15-16H,2-3,8H2,1H3,(H,13,14);3*1H. The molecule has 5 heteroatoms. The van der Waals surface area contributed by atoms with Crippen molar-refractivity contribution in [1.29, 1.82) is 0 Å². The Morgan fingerprint density at radius 1 is 1.38 bits per heavy atom. The van der Waals surface area contributed by atoms with Crippen molar-refractivity contribution < 1.29 is 19.1 Å². The second-order valence-corrected chi connectivity index (χ2v) is 3.61. The van der Waals surface area contributed by atoms with Crippen LogP contribution in [-0.2, 0) is 0 Å². The summed E-state index contributed by atoms with van der Waals surface area (Å²) in [6.07, 6.45) is 2.00. The maximum atomic E-state index is 11.6. The van der Waals surface area contributed by atoms with Gasteiger partial charge in [0.15, 0.2) is 0 Å². The van der Waals surface area contributed by atoms with Gasteiger partial charge in [-0.25, -0.2) is 0 Å². The van der Waals surface area contributed by atoms with Crippen LogP contribution in [0.3, 0.4) is 0 Å². The van der Waals surface area contributed by atoms with Gasteiger partial charge in [-0.15, -0.1) is 0 Å². The van der Waals surface area contributed by atoms with Crippen molar-refractivity contribution in [2.24, 2.45) is 0 Å². The molecule has 0 atom stereocenters. The molecule has 0 saturated carbocycles. The lowest BCUT2D eigenvalue weighted by Gasteiger charge is -2.05. The molecule has 0 heterocycles. The lowest BCUT2D eigenvalue weighted by atomic mass is 9.80. The highest BCUT2D eigenvalue weighted by Crippen LogP contribution is 1.97. The topological polar surface area (TPSA) is 69.6 Å². The molecule has 3 N–H and O–H groups in total. The Bertz CT molecular complexity index is 350. The van der Waals surface area contributed by atoms with E-state index in [9.17, 15) is 4.79 Å². The first-order valence-electron chi connectivity index (χ1n) is 5.39. The van der Waals surface area contributed by atoms with E-state index >= 15 is 0 Å². The van der Waals surface area contributed by atoms with E-state index in [1.54, 1.807) is 12.1 Å². The van der Waals surface area contributed by atoms with Gasteiger partial charge >= 0.3 is 7.12 Å². The Balaban J connectivity index is -0.000000853. The van der Waals surface area contributed by atoms with Crippen LogP contribution < -0.4 is 10.8 Å². The van der Waals surface area contributed by atoms with Gasteiger partial charge in [0.05, 0.1) is 0 Å². The van der Waals surface area contributed by atoms with E-state index in [0.29, 0.717) is 17.6 Å². The molecule has 0 aliphatic carbocycles. The third-order valence-corrected chi connectivity index (χ3v) is 2.29. The fourth-order valence-corrected chi connectivity index (χ4v) is 1.29. The molecule has 16 heavy (non-hydrogen) atoms. The third-order valence-electron chi connectivity index (χ3n) is 2.29. The van der Waals surface area contributed by atoms with Crippen molar-refractivity contribution in [2.45, 2.75) is 19.8 Å². The number of rotatable bonds is 5. The first-order valence-corrected chi connectivity index (χ1v) is 5.39. The van der Waals surface area contributed by atoms with Crippen molar-refractivity contribution in [3.05, 3.63) is 29.8 Å². The summed E-state index contributed by atoms with van der Waals surface area (Å²) in [5.74, 6) is -0.132. The van der Waals surface area contributed by atoms with Crippen molar-refractivity contribution in [2.75, 3.05) is 6.54 Å². The summed E-state index contributed by atoms with van der Waals surface area (Å²) >= 11 is 0. The quantitative estimate of drug-likeness (QED) is 0.510. The van der Waals surface area contributed by atoms with Crippen molar-refractivity contribution in [3.8, 4) is 0 Å². The van der Waals surface area contributed by atoms with Crippen LogP contribution in [0.1, 0.15) is 34.4 Å². The van der Waals surface area contributed by atoms with Gasteiger partial charge in [-0.2, -0.15) is 0 Å². The molecule has 1 aromatic rings. The minimum atomic E-state index is -1.49. The van der Waals surface area contributed by atoms with Crippen LogP contribution in [0, 0.1) is 0 Å². The van der Waals surface area contributed by atoms with Crippen LogP contribution in [-0.4, -0.2) is 29.6 Å². The van der Waals surface area contributed by atoms with Gasteiger partial charge in [-0.05, 0) is 24.0 Å². The number of carbonyl (C=O) groups is 1. The van der Waals surface area contributed by atoms with E-state index in [-0.39, 0.29) is 10.2 Å². The summed E-state index contributed by atoms with van der Waals surface area (Å²) < 4.78 is 0. The zero-order valence-corrected chi connectivity index (χ0v) is 9.31. The van der Waals surface area contributed by atoms with Crippen molar-refractivity contribution >= 4 is 18.5 Å². The van der Waals surface area contributed by atoms with E-state index in [1.165, 1.54) is 12.1 Å². The van der Waals surface area contributed by atoms with Crippen LogP contribution in [0.4, 0.5) is 0 Å². The van der Waals surface area contributed by atoms with Gasteiger partial charge in [-0.1, -0.05) is 25.5 Å². The minimum absolute atomic E-state index is 0. The molecule has 0 bridgehead atoms. The van der Waals surface area contributed by atoms with E-state index in [1.807, 2.05) is 0 Å². The molecule has 1 rings (SSSR count). The molecule has 0 radical (unpaired) electrons. The molecular formula is C11H22BNO3. The molecule has 4 nitrogen and oxygen atoms in total. The van der Waals surface area contributed by atoms with Crippen molar-refractivity contribution in [3.63, 3.8) is 0 Å². The Kier molecular flexibility index (Phi) is 5.02. The maximum Gasteiger partial charge on any atom is 0.488 e. The van der Waals surface area contributed by atoms with Gasteiger partial charge in [0, 0.05) is 16.4 Å². The number of benzene rings is 1. The van der Waals surface area contributed by atoms with E-state index < -0.39 is 7.12 Å². The Hall–Kier alpha value is -1.33. The first-order chi connectivity index (χ1) is 7.65. The monoisotopic (exact) mass is 227 g/mol. The predicted octanol–water partition coefficient (Wildman–Crippen LogP) is 0.634. The highest BCUT2D eigenvalue weighted by molar-refractivity contribution is 6.58. The SMILES string of the molecule is CCCCNC(=O)c1ccc(B(O)O)cc1.[HH].[HH].[HH]. The average molecular weight is 227 g/mol. The van der Waals surface area contributed by atoms with Gasteiger partial charge in [0.2, 0.25) is 0 Å². The van der Waals surface area contributed by atoms with Gasteiger partial charge in [0.1, 0.15) is 0 Å². The minimum Gasteiger partial charge on any atom is -0.423 e. The van der Waals surface area contributed by atoms with Crippen LogP contribution in [0.15, 0.2) is 24.3 Å². The van der Waals surface area contributed by atoms with Gasteiger partial charge in [-0.3, -0.25) is 4.79 Å². The van der Waals surface area contributed by atoms with Crippen molar-refractivity contribution in [1.82, 2.24) is 5.32 Å². The predicted molar refractivity (Wildman–Crippen MR) is 69.9 cm³/mol. The first kappa shape index (κ1) is 12.7. The number of amides is 1. The Morgan fingerprint density at radius 2 is 2.00 bits per heavy atom. The number of nitrogens with one attached hydrogen (secondary N) is 1. The highest BCUT2D eigenvalue weighted by atomic mass is 16.4. The van der Waals surface area contributed by atoms with E-state index in [4.69, 9.17) is 10.0 Å². The largest absolute Gasteiger partial charge is 0.488 e. The molecule has 0 aliphatic heterocycles. The average Bonchev–Trinajstić information content (AvgIpc) is 2.29. The summed E-state index contributed by atoms with van der Waals surface area (Å²) in [5, 5.41) is 20.5. The van der Waals surface area contributed by atoms with Gasteiger partial charge < -0.3 is 15.4 Å². The summed E-state index contributed by atoms with van der Waals surface area (Å²) in [6.45, 7) is 2.73. The molecule has 0 aliphatic rings. The fraction of sp³-hybridized carbons (Fsp3) is 0.364. The molecule has 0 fully saturated rings. The summed E-state index contributed by atoms with van der Waals surface area (Å²) in [7, 11) is -1.49. The summed E-state index contributed by atoms with van der Waals surface area (Å²) in [5.41, 5.74) is 0.908. The molecule has 0 saturated heterocycles. The number of carbonyl (C=O) groups excluding carboxylic acids is 1. The van der Waals surface area contributed by atoms with Crippen LogP contribution >= 0.6 is 0 Å². The Morgan fingerprint density at radius 3 is 2.50 bits per heavy atom. The summed E-state index contributed by atoms with van der Waals surface area (Å²) in [4.78, 5) is 11.6. The number of unbranched alkanes of at least 4 members (excludes halogenated alkanes) is 1. The van der Waals surface area contributed by atoms with Crippen LogP contribution in [0.25, 0.3) is 0 Å². The lowest BCUT2D eigenvalue weighted by Crippen LogP contribution is -2.30. The molecule has 0 unspecified atom stereocenters. The summed E-state index contributed by atoms with van der Waals surface area (Å²) in [6, 6.07) is 6.21. The van der Waals surface area contributed by atoms with E-state index in [0.717, 1.165) is 12.8 Å². The zero-order chi connectivity index (χ0) is 12.0. The van der Waals surface area contributed by atoms with E-state index in [2.05, 4.69) is 12.2 Å². The Labute approximate surface area is 99.9 Å². The van der Waals surface area contributed by atoms with Gasteiger partial charge in [0.25, 0.3) is 5.91 Å². The fourth-order valence-electron chi connectivity index (χ4n) is 1.29. The van der Waals surface area contributed by atoms with Crippen LogP contribution in [0.2, 0.25) is 0 Å². The second kappa shape index (κ2) is 6.30. The number of hydrogen-bond acceptors (Lipinski definition) is 3. The lowest BCUT2D eigenvalue weighted by molar-refractivity contribution is 0.0953. The molecule has 0 spiro atoms. The second-order valence-electron chi connectivity index (χ2n) is 3.61. The van der Waals surface area contributed by atoms with Crippen LogP contribution in [0.5, 0.6) is 0 Å². The highest BCUT2D eigenvalue weighted by Gasteiger charge is 2.11. The molecule has 1 aromatic carbocycles.